The molecule has 4 aliphatic heterocycles. The number of anilines is 1. The van der Waals surface area contributed by atoms with Crippen molar-refractivity contribution in [2.24, 2.45) is 32.1 Å². The first-order valence-corrected chi connectivity index (χ1v) is 29.9. The highest BCUT2D eigenvalue weighted by Gasteiger charge is 2.44. The van der Waals surface area contributed by atoms with Crippen molar-refractivity contribution in [1.82, 2.24) is 25.3 Å². The number of nitrogens with zero attached hydrogens (tertiary/aromatic N) is 5. The third kappa shape index (κ3) is 15.4. The van der Waals surface area contributed by atoms with E-state index >= 15 is 0 Å². The Hall–Kier alpha value is -9.07. The van der Waals surface area contributed by atoms with E-state index in [4.69, 9.17) is 33.7 Å². The lowest BCUT2D eigenvalue weighted by atomic mass is 9.76. The molecule has 6 amide bonds. The zero-order valence-corrected chi connectivity index (χ0v) is 53.7. The summed E-state index contributed by atoms with van der Waals surface area (Å²) in [5, 5.41) is 8.46. The van der Waals surface area contributed by atoms with Gasteiger partial charge < -0.3 is 49.4 Å². The van der Waals surface area contributed by atoms with E-state index < -0.39 is 52.6 Å². The van der Waals surface area contributed by atoms with Crippen molar-refractivity contribution in [3.63, 3.8) is 0 Å². The number of benzene rings is 4. The molecule has 0 saturated carbocycles. The summed E-state index contributed by atoms with van der Waals surface area (Å²) in [4.78, 5) is 107. The Labute approximate surface area is 521 Å². The van der Waals surface area contributed by atoms with Gasteiger partial charge in [0.15, 0.2) is 29.3 Å². The number of amides is 6. The van der Waals surface area contributed by atoms with Crippen molar-refractivity contribution in [2.75, 3.05) is 46.9 Å². The molecule has 0 spiro atoms. The van der Waals surface area contributed by atoms with E-state index in [2.05, 4.69) is 43.6 Å². The molecule has 0 aliphatic carbocycles. The molecule has 4 aromatic carbocycles. The van der Waals surface area contributed by atoms with Crippen LogP contribution >= 0.6 is 0 Å². The Bertz CT molecular complexity index is 3520. The van der Waals surface area contributed by atoms with Gasteiger partial charge in [-0.2, -0.15) is 0 Å². The predicted molar refractivity (Wildman–Crippen MR) is 343 cm³/mol. The molecule has 4 heterocycles. The van der Waals surface area contributed by atoms with Crippen LogP contribution in [-0.2, 0) is 24.0 Å². The molecule has 0 saturated heterocycles. The van der Waals surface area contributed by atoms with E-state index in [1.54, 1.807) is 110 Å². The van der Waals surface area contributed by atoms with E-state index in [1.807, 2.05) is 67.0 Å². The molecule has 8 rings (SSSR count). The molecule has 3 N–H and O–H groups in total. The van der Waals surface area contributed by atoms with E-state index in [0.29, 0.717) is 83.7 Å². The number of nitrogens with one attached hydrogen (secondary N) is 3. The largest absolute Gasteiger partial charge is 0.497 e. The summed E-state index contributed by atoms with van der Waals surface area (Å²) in [6.07, 6.45) is 12.8. The zero-order chi connectivity index (χ0) is 64.9. The second-order valence-electron chi connectivity index (χ2n) is 26.5. The fourth-order valence-electron chi connectivity index (χ4n) is 12.1. The zero-order valence-electron chi connectivity index (χ0n) is 53.7. The van der Waals surface area contributed by atoms with Gasteiger partial charge in [0.25, 0.3) is 17.7 Å². The second kappa shape index (κ2) is 26.7. The van der Waals surface area contributed by atoms with Crippen LogP contribution in [0.15, 0.2) is 107 Å². The number of aldehydes is 1. The smallest absolute Gasteiger partial charge is 0.260 e. The first-order chi connectivity index (χ1) is 41.9. The van der Waals surface area contributed by atoms with Gasteiger partial charge in [0, 0.05) is 84.8 Å². The first-order valence-electron chi connectivity index (χ1n) is 29.9. The third-order valence-electron chi connectivity index (χ3n) is 16.4. The summed E-state index contributed by atoms with van der Waals surface area (Å²) in [5.74, 6) is -0.342. The molecule has 472 valence electrons. The molecule has 0 aromatic heterocycles. The van der Waals surface area contributed by atoms with Crippen LogP contribution in [0.25, 0.3) is 11.1 Å². The van der Waals surface area contributed by atoms with Crippen molar-refractivity contribution in [3.8, 4) is 28.7 Å². The molecular weight excluding hydrogens is 1130 g/mol. The van der Waals surface area contributed by atoms with Gasteiger partial charge in [-0.3, -0.25) is 48.4 Å². The van der Waals surface area contributed by atoms with E-state index in [-0.39, 0.29) is 41.2 Å². The average Bonchev–Trinajstić information content (AvgIpc) is 2.91. The van der Waals surface area contributed by atoms with Crippen LogP contribution in [0.2, 0.25) is 0 Å². The van der Waals surface area contributed by atoms with Crippen molar-refractivity contribution in [3.05, 3.63) is 120 Å². The van der Waals surface area contributed by atoms with E-state index in [9.17, 15) is 33.6 Å². The van der Waals surface area contributed by atoms with E-state index in [1.165, 1.54) is 19.3 Å². The number of methoxy groups -OCH3 is 3. The van der Waals surface area contributed by atoms with E-state index in [0.717, 1.165) is 39.2 Å². The van der Waals surface area contributed by atoms with Crippen molar-refractivity contribution < 1.29 is 57.2 Å². The summed E-state index contributed by atoms with van der Waals surface area (Å²) in [7, 11) is 6.66. The van der Waals surface area contributed by atoms with Crippen molar-refractivity contribution >= 4 is 82.4 Å². The molecule has 4 aromatic rings. The number of carbonyl (C=O) groups excluding carboxylic acids is 7. The molecular formula is C69H84N8O12. The normalized spacial score (nSPS) is 17.4. The SMILES string of the molecule is COc1ccc(C2=CN3C(=O)c4cc(OC)c(OCC(C)(C)CC(C)(C)COc5cc(N=CC6CC(c7ccc(NC(=O)C(C)NC(=O)C(NC(=O)C(C)(C)CC(C)(C)N8C(=O)C=CC8=O)C(C)C)cc7)=CN6C)c(C=O)cc5OC)cc4N=CC3C2)cc1. The van der Waals surface area contributed by atoms with Gasteiger partial charge in [0.1, 0.15) is 17.8 Å². The second-order valence-corrected chi connectivity index (χ2v) is 26.5. The minimum absolute atomic E-state index is 0.137. The van der Waals surface area contributed by atoms with Crippen molar-refractivity contribution in [1.29, 1.82) is 0 Å². The van der Waals surface area contributed by atoms with Gasteiger partial charge in [-0.1, -0.05) is 79.7 Å². The Morgan fingerprint density at radius 3 is 1.88 bits per heavy atom. The molecule has 20 heteroatoms. The average molecular weight is 1220 g/mol. The number of fused-ring (bicyclic) bond motifs is 2. The molecule has 4 aliphatic rings. The van der Waals surface area contributed by atoms with Gasteiger partial charge in [0.05, 0.1) is 63.6 Å². The highest BCUT2D eigenvalue weighted by molar-refractivity contribution is 6.13. The minimum atomic E-state index is -1.08. The van der Waals surface area contributed by atoms with Crippen LogP contribution in [0.3, 0.4) is 0 Å². The minimum Gasteiger partial charge on any atom is -0.497 e. The number of ether oxygens (including phenoxy) is 5. The summed E-state index contributed by atoms with van der Waals surface area (Å²) in [5.41, 5.74) is 3.39. The quantitative estimate of drug-likeness (QED) is 0.0302. The molecule has 4 atom stereocenters. The van der Waals surface area contributed by atoms with Gasteiger partial charge in [-0.15, -0.1) is 0 Å². The number of hydrogen-bond donors (Lipinski definition) is 3. The maximum Gasteiger partial charge on any atom is 0.260 e. The predicted octanol–water partition coefficient (Wildman–Crippen LogP) is 10.5. The molecule has 89 heavy (non-hydrogen) atoms. The summed E-state index contributed by atoms with van der Waals surface area (Å²) < 4.78 is 29.8. The lowest BCUT2D eigenvalue weighted by Crippen LogP contribution is -2.57. The first kappa shape index (κ1) is 65.9. The summed E-state index contributed by atoms with van der Waals surface area (Å²) in [6, 6.07) is 19.6. The maximum atomic E-state index is 14.0. The highest BCUT2D eigenvalue weighted by atomic mass is 16.5. The lowest BCUT2D eigenvalue weighted by Gasteiger charge is -2.40. The van der Waals surface area contributed by atoms with Crippen LogP contribution in [0.5, 0.6) is 28.7 Å². The Morgan fingerprint density at radius 2 is 1.29 bits per heavy atom. The number of carbonyl (C=O) groups is 7. The fourth-order valence-corrected chi connectivity index (χ4v) is 12.1. The maximum absolute atomic E-state index is 14.0. The highest BCUT2D eigenvalue weighted by Crippen LogP contribution is 2.43. The Morgan fingerprint density at radius 1 is 0.708 bits per heavy atom. The van der Waals surface area contributed by atoms with Gasteiger partial charge >= 0.3 is 0 Å². The van der Waals surface area contributed by atoms with Gasteiger partial charge in [0.2, 0.25) is 17.7 Å². The van der Waals surface area contributed by atoms with Crippen LogP contribution in [-0.4, -0.2) is 140 Å². The monoisotopic (exact) mass is 1220 g/mol. The third-order valence-corrected chi connectivity index (χ3v) is 16.4. The fraction of sp³-hybridized carbons (Fsp3) is 0.435. The number of aliphatic imine (C=N–C) groups is 2. The van der Waals surface area contributed by atoms with Gasteiger partial charge in [-0.05, 0) is 115 Å². The number of rotatable bonds is 26. The summed E-state index contributed by atoms with van der Waals surface area (Å²) >= 11 is 0. The van der Waals surface area contributed by atoms with Crippen LogP contribution < -0.4 is 39.6 Å². The van der Waals surface area contributed by atoms with Gasteiger partial charge in [-0.25, -0.2) is 0 Å². The van der Waals surface area contributed by atoms with Crippen molar-refractivity contribution in [2.45, 2.75) is 132 Å². The topological polar surface area (TPSA) is 236 Å². The molecule has 20 nitrogen and oxygen atoms in total. The number of imide groups is 1. The Balaban J connectivity index is 0.831. The van der Waals surface area contributed by atoms with Crippen LogP contribution in [0.1, 0.15) is 134 Å². The molecule has 0 bridgehead atoms. The van der Waals surface area contributed by atoms with Crippen LogP contribution in [0, 0.1) is 22.2 Å². The molecule has 4 unspecified atom stereocenters. The lowest BCUT2D eigenvalue weighted by molar-refractivity contribution is -0.146. The van der Waals surface area contributed by atoms with Crippen LogP contribution in [0.4, 0.5) is 17.1 Å². The Kier molecular flexibility index (Phi) is 19.8. The number of hydrogen-bond acceptors (Lipinski definition) is 15. The summed E-state index contributed by atoms with van der Waals surface area (Å²) in [6.45, 7) is 21.0. The molecule has 0 fully saturated rings. The standard InChI is InChI=1S/C69H84N8O12/c1-41(2)61(74-65(84)68(8,9)38-69(10,11)77-59(79)24-25-60(77)80)63(82)72-42(3)62(81)73-48-20-16-43(17-21-48)45-26-49(75(12)34-45)32-70-53-30-57(55(86-14)28-47(53)36-78)88-39-66(4,5)37-67(6,7)40-89-58-31-54-52(29-56(58)87-15)64(83)76-35-46(27-50(76)33-71-54)44-18-22-51(85-13)23-19-44/h16-25,28-36,41-42,49-50,61H,26-27,37-40H2,1-15H3,(H,72,82)(H,73,81)(H,74,84). The molecule has 0 radical (unpaired) electrons.